The van der Waals surface area contributed by atoms with E-state index in [4.69, 9.17) is 10.00 Å². The van der Waals surface area contributed by atoms with Crippen molar-refractivity contribution in [3.05, 3.63) is 59.7 Å². The van der Waals surface area contributed by atoms with Gasteiger partial charge in [0.1, 0.15) is 5.75 Å². The molecule has 0 bridgehead atoms. The van der Waals surface area contributed by atoms with Crippen molar-refractivity contribution in [2.75, 3.05) is 11.9 Å². The lowest BCUT2D eigenvalue weighted by molar-refractivity contribution is -0.116. The van der Waals surface area contributed by atoms with Crippen molar-refractivity contribution < 1.29 is 9.53 Å². The van der Waals surface area contributed by atoms with Gasteiger partial charge >= 0.3 is 0 Å². The summed E-state index contributed by atoms with van der Waals surface area (Å²) in [4.78, 5) is 11.8. The SMILES string of the molecule is Cc1ccc(OCCC(=O)Nc2cccc(C#N)c2)cc1. The van der Waals surface area contributed by atoms with Crippen molar-refractivity contribution in [1.29, 1.82) is 5.26 Å². The zero-order valence-corrected chi connectivity index (χ0v) is 11.8. The van der Waals surface area contributed by atoms with Gasteiger partial charge in [-0.1, -0.05) is 23.8 Å². The van der Waals surface area contributed by atoms with Crippen LogP contribution in [-0.4, -0.2) is 12.5 Å². The molecule has 0 atom stereocenters. The molecule has 0 aliphatic carbocycles. The molecule has 2 rings (SSSR count). The third-order valence-electron chi connectivity index (χ3n) is 2.89. The number of aryl methyl sites for hydroxylation is 1. The van der Waals surface area contributed by atoms with E-state index in [1.807, 2.05) is 37.3 Å². The summed E-state index contributed by atoms with van der Waals surface area (Å²) in [6.45, 7) is 2.32. The van der Waals surface area contributed by atoms with Crippen molar-refractivity contribution in [2.45, 2.75) is 13.3 Å². The molecule has 1 N–H and O–H groups in total. The number of benzene rings is 2. The van der Waals surface area contributed by atoms with Gasteiger partial charge in [0.2, 0.25) is 5.91 Å². The first-order valence-corrected chi connectivity index (χ1v) is 6.67. The van der Waals surface area contributed by atoms with Gasteiger partial charge in [-0.25, -0.2) is 0 Å². The number of anilines is 1. The lowest BCUT2D eigenvalue weighted by Gasteiger charge is -2.07. The molecule has 0 fully saturated rings. The van der Waals surface area contributed by atoms with E-state index in [0.717, 1.165) is 11.3 Å². The molecule has 0 saturated heterocycles. The quantitative estimate of drug-likeness (QED) is 0.914. The summed E-state index contributed by atoms with van der Waals surface area (Å²) in [7, 11) is 0. The molecule has 2 aromatic carbocycles. The van der Waals surface area contributed by atoms with Crippen LogP contribution < -0.4 is 10.1 Å². The number of nitrogens with zero attached hydrogens (tertiary/aromatic N) is 1. The molecule has 21 heavy (non-hydrogen) atoms. The first-order chi connectivity index (χ1) is 10.2. The molecule has 2 aromatic rings. The minimum atomic E-state index is -0.141. The Morgan fingerprint density at radius 3 is 2.71 bits per heavy atom. The topological polar surface area (TPSA) is 62.1 Å². The average Bonchev–Trinajstić information content (AvgIpc) is 2.49. The fourth-order valence-corrected chi connectivity index (χ4v) is 1.79. The van der Waals surface area contributed by atoms with Crippen LogP contribution >= 0.6 is 0 Å². The zero-order valence-electron chi connectivity index (χ0n) is 11.8. The predicted octanol–water partition coefficient (Wildman–Crippen LogP) is 3.27. The van der Waals surface area contributed by atoms with E-state index in [2.05, 4.69) is 5.32 Å². The van der Waals surface area contributed by atoms with Gasteiger partial charge in [-0.3, -0.25) is 4.79 Å². The number of carbonyl (C=O) groups excluding carboxylic acids is 1. The number of nitriles is 1. The Hall–Kier alpha value is -2.80. The molecule has 0 aromatic heterocycles. The van der Waals surface area contributed by atoms with Crippen LogP contribution in [0.25, 0.3) is 0 Å². The summed E-state index contributed by atoms with van der Waals surface area (Å²) < 4.78 is 5.50. The highest BCUT2D eigenvalue weighted by molar-refractivity contribution is 5.90. The smallest absolute Gasteiger partial charge is 0.227 e. The van der Waals surface area contributed by atoms with Gasteiger partial charge in [-0.15, -0.1) is 0 Å². The van der Waals surface area contributed by atoms with E-state index in [-0.39, 0.29) is 12.3 Å². The van der Waals surface area contributed by atoms with Crippen LogP contribution in [0.1, 0.15) is 17.5 Å². The molecule has 0 aliphatic rings. The maximum absolute atomic E-state index is 11.8. The van der Waals surface area contributed by atoms with Gasteiger partial charge in [-0.2, -0.15) is 5.26 Å². The van der Waals surface area contributed by atoms with Gasteiger partial charge in [0.15, 0.2) is 0 Å². The second-order valence-electron chi connectivity index (χ2n) is 4.65. The van der Waals surface area contributed by atoms with Crippen LogP contribution in [0.2, 0.25) is 0 Å². The summed E-state index contributed by atoms with van der Waals surface area (Å²) in [6, 6.07) is 16.5. The van der Waals surface area contributed by atoms with E-state index in [1.165, 1.54) is 0 Å². The molecule has 1 amide bonds. The number of nitrogens with one attached hydrogen (secondary N) is 1. The van der Waals surface area contributed by atoms with Gasteiger partial charge in [0.25, 0.3) is 0 Å². The molecule has 0 radical (unpaired) electrons. The second-order valence-corrected chi connectivity index (χ2v) is 4.65. The van der Waals surface area contributed by atoms with Gasteiger partial charge in [-0.05, 0) is 37.3 Å². The number of ether oxygens (including phenoxy) is 1. The highest BCUT2D eigenvalue weighted by atomic mass is 16.5. The normalized spacial score (nSPS) is 9.71. The number of carbonyl (C=O) groups is 1. The van der Waals surface area contributed by atoms with E-state index >= 15 is 0 Å². The van der Waals surface area contributed by atoms with E-state index in [9.17, 15) is 4.79 Å². The first-order valence-electron chi connectivity index (χ1n) is 6.67. The first kappa shape index (κ1) is 14.6. The number of hydrogen-bond acceptors (Lipinski definition) is 3. The molecule has 106 valence electrons. The molecule has 0 saturated carbocycles. The lowest BCUT2D eigenvalue weighted by Crippen LogP contribution is -2.15. The largest absolute Gasteiger partial charge is 0.493 e. The molecule has 0 aliphatic heterocycles. The predicted molar refractivity (Wildman–Crippen MR) is 81.1 cm³/mol. The number of hydrogen-bond donors (Lipinski definition) is 1. The van der Waals surface area contributed by atoms with Crippen molar-refractivity contribution in [3.63, 3.8) is 0 Å². The standard InChI is InChI=1S/C17H16N2O2/c1-13-5-7-16(8-6-13)21-10-9-17(20)19-15-4-2-3-14(11-15)12-18/h2-8,11H,9-10H2,1H3,(H,19,20). The Balaban J connectivity index is 1.79. The average molecular weight is 280 g/mol. The monoisotopic (exact) mass is 280 g/mol. The third kappa shape index (κ3) is 4.66. The Morgan fingerprint density at radius 1 is 1.24 bits per heavy atom. The maximum Gasteiger partial charge on any atom is 0.227 e. The van der Waals surface area contributed by atoms with Crippen LogP contribution in [0.4, 0.5) is 5.69 Å². The van der Waals surface area contributed by atoms with Crippen molar-refractivity contribution in [3.8, 4) is 11.8 Å². The van der Waals surface area contributed by atoms with Crippen molar-refractivity contribution >= 4 is 11.6 Å². The van der Waals surface area contributed by atoms with E-state index < -0.39 is 0 Å². The van der Waals surface area contributed by atoms with Gasteiger partial charge < -0.3 is 10.1 Å². The Kier molecular flexibility index (Phi) is 4.94. The highest BCUT2D eigenvalue weighted by Crippen LogP contribution is 2.12. The van der Waals surface area contributed by atoms with Crippen LogP contribution in [0.3, 0.4) is 0 Å². The minimum absolute atomic E-state index is 0.141. The Bertz CT molecular complexity index is 657. The van der Waals surface area contributed by atoms with Gasteiger partial charge in [0, 0.05) is 5.69 Å². The van der Waals surface area contributed by atoms with Crippen LogP contribution in [0.5, 0.6) is 5.75 Å². The third-order valence-corrected chi connectivity index (χ3v) is 2.89. The van der Waals surface area contributed by atoms with Crippen LogP contribution in [0, 0.1) is 18.3 Å². The highest BCUT2D eigenvalue weighted by Gasteiger charge is 2.03. The Morgan fingerprint density at radius 2 is 2.00 bits per heavy atom. The minimum Gasteiger partial charge on any atom is -0.493 e. The van der Waals surface area contributed by atoms with Crippen LogP contribution in [0.15, 0.2) is 48.5 Å². The van der Waals surface area contributed by atoms with Crippen molar-refractivity contribution in [1.82, 2.24) is 0 Å². The molecule has 0 unspecified atom stereocenters. The Labute approximate surface area is 124 Å². The summed E-state index contributed by atoms with van der Waals surface area (Å²) in [5, 5.41) is 11.5. The lowest BCUT2D eigenvalue weighted by atomic mass is 10.2. The fourth-order valence-electron chi connectivity index (χ4n) is 1.79. The zero-order chi connectivity index (χ0) is 15.1. The van der Waals surface area contributed by atoms with E-state index in [1.54, 1.807) is 24.3 Å². The fraction of sp³-hybridized carbons (Fsp3) is 0.176. The number of amides is 1. The second kappa shape index (κ2) is 7.11. The van der Waals surface area contributed by atoms with Gasteiger partial charge in [0.05, 0.1) is 24.7 Å². The maximum atomic E-state index is 11.8. The van der Waals surface area contributed by atoms with E-state index in [0.29, 0.717) is 17.9 Å². The summed E-state index contributed by atoms with van der Waals surface area (Å²) >= 11 is 0. The number of rotatable bonds is 5. The molecule has 0 spiro atoms. The summed E-state index contributed by atoms with van der Waals surface area (Å²) in [5.41, 5.74) is 2.30. The molecular formula is C17H16N2O2. The molecule has 0 heterocycles. The summed E-state index contributed by atoms with van der Waals surface area (Å²) in [6.07, 6.45) is 0.255. The van der Waals surface area contributed by atoms with Crippen molar-refractivity contribution in [2.24, 2.45) is 0 Å². The summed E-state index contributed by atoms with van der Waals surface area (Å²) in [5.74, 6) is 0.608. The van der Waals surface area contributed by atoms with Crippen LogP contribution in [-0.2, 0) is 4.79 Å². The molecule has 4 nitrogen and oxygen atoms in total. The molecular weight excluding hydrogens is 264 g/mol. The molecule has 4 heteroatoms.